The van der Waals surface area contributed by atoms with E-state index in [0.29, 0.717) is 24.2 Å². The lowest BCUT2D eigenvalue weighted by Gasteiger charge is -2.25. The van der Waals surface area contributed by atoms with E-state index >= 15 is 0 Å². The van der Waals surface area contributed by atoms with Crippen LogP contribution < -0.4 is 10.5 Å². The molecule has 1 saturated carbocycles. The van der Waals surface area contributed by atoms with Gasteiger partial charge in [0.05, 0.1) is 0 Å². The van der Waals surface area contributed by atoms with E-state index in [-0.39, 0.29) is 0 Å². The van der Waals surface area contributed by atoms with Crippen LogP contribution in [0.15, 0.2) is 24.3 Å². The maximum absolute atomic E-state index is 11.3. The van der Waals surface area contributed by atoms with Gasteiger partial charge in [-0.15, -0.1) is 0 Å². The fraction of sp³-hybridized carbons (Fsp3) is 0.385. The minimum absolute atomic E-state index is 0.373. The molecule has 1 aromatic rings. The van der Waals surface area contributed by atoms with E-state index in [1.165, 1.54) is 12.1 Å². The normalized spacial score (nSPS) is 17.3. The Bertz CT molecular complexity index is 460. The van der Waals surface area contributed by atoms with Crippen molar-refractivity contribution in [2.24, 2.45) is 5.73 Å². The summed E-state index contributed by atoms with van der Waals surface area (Å²) in [6, 6.07) is 6.20. The lowest BCUT2D eigenvalue weighted by atomic mass is 10.0. The number of rotatable bonds is 4. The van der Waals surface area contributed by atoms with Gasteiger partial charge in [0.15, 0.2) is 0 Å². The number of hydrogen-bond acceptors (Lipinski definition) is 3. The third kappa shape index (κ3) is 2.30. The van der Waals surface area contributed by atoms with Gasteiger partial charge in [-0.3, -0.25) is 4.79 Å². The van der Waals surface area contributed by atoms with Crippen molar-refractivity contribution in [1.29, 1.82) is 0 Å². The van der Waals surface area contributed by atoms with Crippen LogP contribution in [-0.4, -0.2) is 22.6 Å². The first-order valence-electron chi connectivity index (χ1n) is 5.86. The van der Waals surface area contributed by atoms with Crippen LogP contribution in [0.3, 0.4) is 0 Å². The van der Waals surface area contributed by atoms with Crippen molar-refractivity contribution >= 4 is 11.9 Å². The highest BCUT2D eigenvalue weighted by Gasteiger charge is 2.43. The summed E-state index contributed by atoms with van der Waals surface area (Å²) in [6.45, 7) is 0. The molecule has 1 amide bonds. The van der Waals surface area contributed by atoms with Crippen molar-refractivity contribution in [1.82, 2.24) is 0 Å². The lowest BCUT2D eigenvalue weighted by Crippen LogP contribution is -2.41. The number of carboxylic acids is 1. The van der Waals surface area contributed by atoms with Crippen molar-refractivity contribution in [3.8, 4) is 5.75 Å². The molecule has 1 aromatic carbocycles. The number of hydrogen-bond donors (Lipinski definition) is 2. The van der Waals surface area contributed by atoms with Crippen LogP contribution in [-0.2, 0) is 4.79 Å². The minimum Gasteiger partial charge on any atom is -0.478 e. The number of ether oxygens (including phenoxy) is 1. The van der Waals surface area contributed by atoms with Gasteiger partial charge >= 0.3 is 5.97 Å². The summed E-state index contributed by atoms with van der Waals surface area (Å²) in [5.74, 6) is -1.00. The summed E-state index contributed by atoms with van der Waals surface area (Å²) in [6.07, 6.45) is 2.73. The Morgan fingerprint density at radius 2 is 1.72 bits per heavy atom. The predicted molar refractivity (Wildman–Crippen MR) is 64.4 cm³/mol. The Hall–Kier alpha value is -2.04. The number of aliphatic carboxylic acids is 1. The van der Waals surface area contributed by atoms with E-state index in [2.05, 4.69) is 0 Å². The topological polar surface area (TPSA) is 89.6 Å². The standard InChI is InChI=1S/C13H15NO4/c14-11(15)9-3-5-10(6-4-9)18-13(12(16)17)7-1-2-8-13/h3-6H,1-2,7-8H2,(H2,14,15)(H,16,17). The van der Waals surface area contributed by atoms with Crippen LogP contribution in [0.1, 0.15) is 36.0 Å². The van der Waals surface area contributed by atoms with Crippen molar-refractivity contribution in [2.45, 2.75) is 31.3 Å². The highest BCUT2D eigenvalue weighted by Crippen LogP contribution is 2.34. The second kappa shape index (κ2) is 4.68. The smallest absolute Gasteiger partial charge is 0.348 e. The molecule has 3 N–H and O–H groups in total. The molecule has 96 valence electrons. The maximum atomic E-state index is 11.3. The molecule has 0 unspecified atom stereocenters. The van der Waals surface area contributed by atoms with Crippen molar-refractivity contribution in [3.05, 3.63) is 29.8 Å². The van der Waals surface area contributed by atoms with Crippen LogP contribution in [0, 0.1) is 0 Å². The molecule has 0 bridgehead atoms. The first-order valence-corrected chi connectivity index (χ1v) is 5.86. The largest absolute Gasteiger partial charge is 0.478 e. The second-order valence-electron chi connectivity index (χ2n) is 4.50. The Kier molecular flexibility index (Phi) is 3.23. The van der Waals surface area contributed by atoms with Gasteiger partial charge in [0.1, 0.15) is 5.75 Å². The third-order valence-electron chi connectivity index (χ3n) is 3.25. The molecule has 0 aliphatic heterocycles. The molecule has 18 heavy (non-hydrogen) atoms. The molecule has 5 nitrogen and oxygen atoms in total. The maximum Gasteiger partial charge on any atom is 0.348 e. The molecule has 5 heteroatoms. The zero-order chi connectivity index (χ0) is 13.2. The van der Waals surface area contributed by atoms with Crippen molar-refractivity contribution in [2.75, 3.05) is 0 Å². The molecule has 0 saturated heterocycles. The zero-order valence-electron chi connectivity index (χ0n) is 9.89. The second-order valence-corrected chi connectivity index (χ2v) is 4.50. The molecule has 1 aliphatic carbocycles. The Balaban J connectivity index is 2.17. The number of carboxylic acid groups (broad SMARTS) is 1. The minimum atomic E-state index is -1.12. The van der Waals surface area contributed by atoms with Crippen LogP contribution in [0.2, 0.25) is 0 Å². The fourth-order valence-electron chi connectivity index (χ4n) is 2.22. The lowest BCUT2D eigenvalue weighted by molar-refractivity contribution is -0.154. The molecular weight excluding hydrogens is 234 g/mol. The van der Waals surface area contributed by atoms with Gasteiger partial charge in [-0.1, -0.05) is 0 Å². The van der Waals surface area contributed by atoms with E-state index < -0.39 is 17.5 Å². The molecule has 0 atom stereocenters. The molecule has 0 aromatic heterocycles. The van der Waals surface area contributed by atoms with Gasteiger partial charge in [-0.2, -0.15) is 0 Å². The monoisotopic (exact) mass is 249 g/mol. The van der Waals surface area contributed by atoms with E-state index in [9.17, 15) is 14.7 Å². The van der Waals surface area contributed by atoms with Gasteiger partial charge in [-0.25, -0.2) is 4.79 Å². The molecule has 2 rings (SSSR count). The highest BCUT2D eigenvalue weighted by atomic mass is 16.5. The number of primary amides is 1. The Labute approximate surface area is 105 Å². The van der Waals surface area contributed by atoms with E-state index in [1.54, 1.807) is 12.1 Å². The third-order valence-corrected chi connectivity index (χ3v) is 3.25. The SMILES string of the molecule is NC(=O)c1ccc(OC2(C(=O)O)CCCC2)cc1. The van der Waals surface area contributed by atoms with E-state index in [1.807, 2.05) is 0 Å². The fourth-order valence-corrected chi connectivity index (χ4v) is 2.22. The number of nitrogens with two attached hydrogens (primary N) is 1. The van der Waals surface area contributed by atoms with Crippen molar-refractivity contribution in [3.63, 3.8) is 0 Å². The van der Waals surface area contributed by atoms with Crippen molar-refractivity contribution < 1.29 is 19.4 Å². The number of carbonyl (C=O) groups is 2. The van der Waals surface area contributed by atoms with Gasteiger partial charge in [0.25, 0.3) is 0 Å². The molecule has 0 radical (unpaired) electrons. The molecule has 1 aliphatic rings. The zero-order valence-corrected chi connectivity index (χ0v) is 9.89. The average molecular weight is 249 g/mol. The first-order chi connectivity index (χ1) is 8.53. The summed E-state index contributed by atoms with van der Waals surface area (Å²) in [5, 5.41) is 9.27. The van der Waals surface area contributed by atoms with Crippen LogP contribution in [0.5, 0.6) is 5.75 Å². The van der Waals surface area contributed by atoms with Gasteiger partial charge < -0.3 is 15.6 Å². The van der Waals surface area contributed by atoms with Crippen LogP contribution in [0.4, 0.5) is 0 Å². The van der Waals surface area contributed by atoms with Gasteiger partial charge in [-0.05, 0) is 49.9 Å². The van der Waals surface area contributed by atoms with Gasteiger partial charge in [0.2, 0.25) is 11.5 Å². The summed E-state index contributed by atoms with van der Waals surface area (Å²) in [5.41, 5.74) is 4.38. The quantitative estimate of drug-likeness (QED) is 0.847. The molecule has 0 spiro atoms. The summed E-state index contributed by atoms with van der Waals surface area (Å²) in [4.78, 5) is 22.2. The highest BCUT2D eigenvalue weighted by molar-refractivity contribution is 5.92. The van der Waals surface area contributed by atoms with Crippen LogP contribution in [0.25, 0.3) is 0 Å². The first kappa shape index (κ1) is 12.4. The Morgan fingerprint density at radius 1 is 1.17 bits per heavy atom. The summed E-state index contributed by atoms with van der Waals surface area (Å²) < 4.78 is 5.61. The van der Waals surface area contributed by atoms with Gasteiger partial charge in [0, 0.05) is 5.56 Å². The average Bonchev–Trinajstić information content (AvgIpc) is 2.79. The molecular formula is C13H15NO4. The number of amides is 1. The summed E-state index contributed by atoms with van der Waals surface area (Å²) in [7, 11) is 0. The van der Waals surface area contributed by atoms with Crippen LogP contribution >= 0.6 is 0 Å². The number of benzene rings is 1. The molecule has 1 fully saturated rings. The predicted octanol–water partition coefficient (Wildman–Crippen LogP) is 1.56. The van der Waals surface area contributed by atoms with E-state index in [0.717, 1.165) is 12.8 Å². The van der Waals surface area contributed by atoms with E-state index in [4.69, 9.17) is 10.5 Å². The Morgan fingerprint density at radius 3 is 2.17 bits per heavy atom. The number of carbonyl (C=O) groups excluding carboxylic acids is 1. The molecule has 0 heterocycles. The summed E-state index contributed by atoms with van der Waals surface area (Å²) >= 11 is 0.